The van der Waals surface area contributed by atoms with Crippen molar-refractivity contribution in [3.8, 4) is 0 Å². The number of nitrogens with zero attached hydrogens (tertiary/aromatic N) is 1. The molecule has 0 spiro atoms. The van der Waals surface area contributed by atoms with E-state index >= 15 is 0 Å². The van der Waals surface area contributed by atoms with Crippen LogP contribution >= 0.6 is 0 Å². The van der Waals surface area contributed by atoms with Gasteiger partial charge in [-0.15, -0.1) is 0 Å². The minimum Gasteiger partial charge on any atom is -0.294 e. The van der Waals surface area contributed by atoms with Gasteiger partial charge in [-0.1, -0.05) is 30.3 Å². The first-order valence-corrected chi connectivity index (χ1v) is 5.59. The molecule has 0 atom stereocenters. The van der Waals surface area contributed by atoms with Crippen molar-refractivity contribution in [1.82, 2.24) is 0 Å². The van der Waals surface area contributed by atoms with Crippen LogP contribution in [0.5, 0.6) is 0 Å². The molecule has 96 valence electrons. The molecule has 5 heteroatoms. The molecule has 19 heavy (non-hydrogen) atoms. The first-order valence-electron chi connectivity index (χ1n) is 5.59. The predicted octanol–water partition coefficient (Wildman–Crippen LogP) is 3.16. The number of carbonyl (C=O) groups excluding carboxylic acids is 1. The molecule has 2 aromatic rings. The number of benzene rings is 2. The third-order valence-electron chi connectivity index (χ3n) is 2.66. The zero-order valence-corrected chi connectivity index (χ0v) is 9.88. The zero-order chi connectivity index (χ0) is 13.8. The minimum absolute atomic E-state index is 0.00509. The van der Waals surface area contributed by atoms with Crippen molar-refractivity contribution in [2.24, 2.45) is 0 Å². The highest BCUT2D eigenvalue weighted by atomic mass is 19.1. The van der Waals surface area contributed by atoms with E-state index in [1.807, 2.05) is 0 Å². The Bertz CT molecular complexity index is 626. The van der Waals surface area contributed by atoms with Crippen LogP contribution in [0.15, 0.2) is 48.5 Å². The summed E-state index contributed by atoms with van der Waals surface area (Å²) in [4.78, 5) is 22.2. The van der Waals surface area contributed by atoms with Gasteiger partial charge in [-0.3, -0.25) is 14.9 Å². The summed E-state index contributed by atoms with van der Waals surface area (Å²) in [6.07, 6.45) is 0.00509. The molecule has 0 aliphatic rings. The summed E-state index contributed by atoms with van der Waals surface area (Å²) in [6.45, 7) is 0. The highest BCUT2D eigenvalue weighted by Gasteiger charge is 2.20. The molecule has 0 aromatic heterocycles. The topological polar surface area (TPSA) is 60.2 Å². The Morgan fingerprint density at radius 1 is 1.16 bits per heavy atom. The van der Waals surface area contributed by atoms with E-state index in [1.54, 1.807) is 30.3 Å². The van der Waals surface area contributed by atoms with Crippen molar-refractivity contribution in [3.05, 3.63) is 75.6 Å². The molecule has 0 N–H and O–H groups in total. The second-order valence-electron chi connectivity index (χ2n) is 4.00. The maximum Gasteiger partial charge on any atom is 0.280 e. The fraction of sp³-hybridized carbons (Fsp3) is 0.0714. The molecule has 0 bridgehead atoms. The number of rotatable bonds is 4. The highest BCUT2D eigenvalue weighted by Crippen LogP contribution is 2.21. The number of Topliss-reactive ketones (excluding diaryl/α,β-unsaturated/α-hetero) is 1. The molecule has 2 rings (SSSR count). The lowest BCUT2D eigenvalue weighted by Crippen LogP contribution is -2.07. The van der Waals surface area contributed by atoms with E-state index in [9.17, 15) is 19.3 Å². The number of nitro groups is 1. The SMILES string of the molecule is O=C(Cc1ccccc1)c1cc(F)ccc1[N+](=O)[O-]. The Kier molecular flexibility index (Phi) is 3.66. The first kappa shape index (κ1) is 12.9. The molecule has 0 saturated carbocycles. The molecule has 0 aliphatic heterocycles. The molecule has 0 unspecified atom stereocenters. The van der Waals surface area contributed by atoms with Crippen LogP contribution in [-0.2, 0) is 6.42 Å². The van der Waals surface area contributed by atoms with E-state index < -0.39 is 16.5 Å². The molecule has 0 aliphatic carbocycles. The molecule has 0 fully saturated rings. The number of ketones is 1. The molecular formula is C14H10FNO3. The second-order valence-corrected chi connectivity index (χ2v) is 4.00. The Balaban J connectivity index is 2.33. The number of nitro benzene ring substituents is 1. The summed E-state index contributed by atoms with van der Waals surface area (Å²) < 4.78 is 13.1. The van der Waals surface area contributed by atoms with Gasteiger partial charge in [-0.05, 0) is 17.7 Å². The van der Waals surface area contributed by atoms with Crippen LogP contribution in [0, 0.1) is 15.9 Å². The molecule has 4 nitrogen and oxygen atoms in total. The summed E-state index contributed by atoms with van der Waals surface area (Å²) in [5.41, 5.74) is 0.155. The van der Waals surface area contributed by atoms with E-state index in [0.717, 1.165) is 23.8 Å². The summed E-state index contributed by atoms with van der Waals surface area (Å²) in [5.74, 6) is -1.14. The van der Waals surface area contributed by atoms with Crippen LogP contribution in [0.3, 0.4) is 0 Å². The van der Waals surface area contributed by atoms with Crippen LogP contribution in [-0.4, -0.2) is 10.7 Å². The number of halogens is 1. The third-order valence-corrected chi connectivity index (χ3v) is 2.66. The zero-order valence-electron chi connectivity index (χ0n) is 9.88. The van der Waals surface area contributed by atoms with Gasteiger partial charge in [-0.2, -0.15) is 0 Å². The van der Waals surface area contributed by atoms with Crippen molar-refractivity contribution in [2.75, 3.05) is 0 Å². The van der Waals surface area contributed by atoms with Crippen LogP contribution in [0.4, 0.5) is 10.1 Å². The quantitative estimate of drug-likeness (QED) is 0.481. The van der Waals surface area contributed by atoms with E-state index in [0.29, 0.717) is 0 Å². The van der Waals surface area contributed by atoms with Crippen LogP contribution in [0.1, 0.15) is 15.9 Å². The molecule has 0 heterocycles. The van der Waals surface area contributed by atoms with Gasteiger partial charge in [0.2, 0.25) is 0 Å². The van der Waals surface area contributed by atoms with Gasteiger partial charge in [0.15, 0.2) is 5.78 Å². The Morgan fingerprint density at radius 3 is 2.47 bits per heavy atom. The van der Waals surface area contributed by atoms with Crippen molar-refractivity contribution in [1.29, 1.82) is 0 Å². The van der Waals surface area contributed by atoms with Crippen LogP contribution in [0.25, 0.3) is 0 Å². The summed E-state index contributed by atoms with van der Waals surface area (Å²) >= 11 is 0. The molecule has 0 radical (unpaired) electrons. The predicted molar refractivity (Wildman–Crippen MR) is 67.5 cm³/mol. The fourth-order valence-electron chi connectivity index (χ4n) is 1.77. The van der Waals surface area contributed by atoms with Gasteiger partial charge in [0.1, 0.15) is 5.82 Å². The summed E-state index contributed by atoms with van der Waals surface area (Å²) in [6, 6.07) is 11.7. The van der Waals surface area contributed by atoms with Crippen molar-refractivity contribution in [3.63, 3.8) is 0 Å². The Hall–Kier alpha value is -2.56. The van der Waals surface area contributed by atoms with Gasteiger partial charge in [-0.25, -0.2) is 4.39 Å². The minimum atomic E-state index is -0.683. The number of hydrogen-bond donors (Lipinski definition) is 0. The van der Waals surface area contributed by atoms with E-state index in [2.05, 4.69) is 0 Å². The van der Waals surface area contributed by atoms with Crippen molar-refractivity contribution >= 4 is 11.5 Å². The van der Waals surface area contributed by atoms with Gasteiger partial charge < -0.3 is 0 Å². The average Bonchev–Trinajstić information content (AvgIpc) is 2.39. The van der Waals surface area contributed by atoms with Crippen LogP contribution in [0.2, 0.25) is 0 Å². The maximum absolute atomic E-state index is 13.1. The van der Waals surface area contributed by atoms with Gasteiger partial charge in [0.05, 0.1) is 10.5 Å². The van der Waals surface area contributed by atoms with Gasteiger partial charge in [0, 0.05) is 12.5 Å². The van der Waals surface area contributed by atoms with E-state index in [-0.39, 0.29) is 17.7 Å². The average molecular weight is 259 g/mol. The third kappa shape index (κ3) is 3.01. The molecular weight excluding hydrogens is 249 g/mol. The monoisotopic (exact) mass is 259 g/mol. The van der Waals surface area contributed by atoms with Crippen LogP contribution < -0.4 is 0 Å². The Morgan fingerprint density at radius 2 is 1.84 bits per heavy atom. The summed E-state index contributed by atoms with van der Waals surface area (Å²) in [5, 5.41) is 10.8. The number of carbonyl (C=O) groups is 1. The molecule has 0 amide bonds. The first-order chi connectivity index (χ1) is 9.08. The smallest absolute Gasteiger partial charge is 0.280 e. The molecule has 2 aromatic carbocycles. The number of hydrogen-bond acceptors (Lipinski definition) is 3. The van der Waals surface area contributed by atoms with E-state index in [4.69, 9.17) is 0 Å². The maximum atomic E-state index is 13.1. The highest BCUT2D eigenvalue weighted by molar-refractivity contribution is 6.01. The van der Waals surface area contributed by atoms with Crippen molar-refractivity contribution < 1.29 is 14.1 Å². The fourth-order valence-corrected chi connectivity index (χ4v) is 1.77. The lowest BCUT2D eigenvalue weighted by atomic mass is 10.0. The largest absolute Gasteiger partial charge is 0.294 e. The second kappa shape index (κ2) is 5.39. The lowest BCUT2D eigenvalue weighted by Gasteiger charge is -2.03. The normalized spacial score (nSPS) is 10.2. The van der Waals surface area contributed by atoms with Crippen molar-refractivity contribution in [2.45, 2.75) is 6.42 Å². The Labute approximate surface area is 108 Å². The molecule has 0 saturated heterocycles. The summed E-state index contributed by atoms with van der Waals surface area (Å²) in [7, 11) is 0. The van der Waals surface area contributed by atoms with Gasteiger partial charge in [0.25, 0.3) is 5.69 Å². The standard InChI is InChI=1S/C14H10FNO3/c15-11-6-7-13(16(18)19)12(9-11)14(17)8-10-4-2-1-3-5-10/h1-7,9H,8H2. The lowest BCUT2D eigenvalue weighted by molar-refractivity contribution is -0.385. The van der Waals surface area contributed by atoms with Gasteiger partial charge >= 0.3 is 0 Å². The van der Waals surface area contributed by atoms with E-state index in [1.165, 1.54) is 0 Å².